The Kier molecular flexibility index (Phi) is 4.39. The lowest BCUT2D eigenvalue weighted by atomic mass is 9.94. The van der Waals surface area contributed by atoms with E-state index in [9.17, 15) is 9.59 Å². The van der Waals surface area contributed by atoms with Gasteiger partial charge in [0.15, 0.2) is 4.32 Å². The van der Waals surface area contributed by atoms with E-state index >= 15 is 0 Å². The lowest BCUT2D eigenvalue weighted by Gasteiger charge is -2.31. The lowest BCUT2D eigenvalue weighted by Crippen LogP contribution is -2.52. The first-order valence-corrected chi connectivity index (χ1v) is 6.86. The summed E-state index contributed by atoms with van der Waals surface area (Å²) in [5.41, 5.74) is 0.537. The molecule has 0 spiro atoms. The fourth-order valence-electron chi connectivity index (χ4n) is 1.93. The van der Waals surface area contributed by atoms with Crippen LogP contribution in [0.1, 0.15) is 10.4 Å². The predicted molar refractivity (Wildman–Crippen MR) is 79.7 cm³/mol. The first kappa shape index (κ1) is 14.5. The van der Waals surface area contributed by atoms with E-state index < -0.39 is 16.3 Å². The Morgan fingerprint density at radius 2 is 1.95 bits per heavy atom. The van der Waals surface area contributed by atoms with Gasteiger partial charge in [-0.3, -0.25) is 9.59 Å². The van der Waals surface area contributed by atoms with Crippen molar-refractivity contribution in [1.29, 1.82) is 0 Å². The van der Waals surface area contributed by atoms with Crippen LogP contribution in [0.5, 0.6) is 0 Å². The zero-order valence-corrected chi connectivity index (χ0v) is 12.5. The number of amides is 1. The lowest BCUT2D eigenvalue weighted by molar-refractivity contribution is -0.142. The van der Waals surface area contributed by atoms with Crippen molar-refractivity contribution >= 4 is 27.8 Å². The number of nitrogens with one attached hydrogen (secondary N) is 1. The van der Waals surface area contributed by atoms with Gasteiger partial charge in [0.25, 0.3) is 5.91 Å². The van der Waals surface area contributed by atoms with Crippen LogP contribution in [-0.4, -0.2) is 29.4 Å². The monoisotopic (exact) mass is 335 g/mol. The number of allylic oxidation sites excluding steroid dienone is 2. The Labute approximate surface area is 125 Å². The van der Waals surface area contributed by atoms with E-state index in [2.05, 4.69) is 21.2 Å². The van der Waals surface area contributed by atoms with Crippen LogP contribution in [-0.2, 0) is 9.53 Å². The number of hydrogen-bond donors (Lipinski definition) is 1. The molecule has 2 atom stereocenters. The molecule has 0 aliphatic heterocycles. The normalized spacial score (nSPS) is 24.2. The molecule has 4 nitrogen and oxygen atoms in total. The van der Waals surface area contributed by atoms with Gasteiger partial charge in [-0.05, 0) is 12.1 Å². The molecule has 104 valence electrons. The van der Waals surface area contributed by atoms with Crippen molar-refractivity contribution in [2.24, 2.45) is 0 Å². The van der Waals surface area contributed by atoms with Crippen LogP contribution in [0.4, 0.5) is 0 Å². The summed E-state index contributed by atoms with van der Waals surface area (Å²) < 4.78 is 3.71. The SMILES string of the molecule is COC(=O)C1(Br)C=CC=CC1NC(=O)c1ccccc1. The Balaban J connectivity index is 2.19. The number of carbonyl (C=O) groups is 2. The van der Waals surface area contributed by atoms with Gasteiger partial charge in [-0.2, -0.15) is 0 Å². The van der Waals surface area contributed by atoms with Crippen molar-refractivity contribution in [2.75, 3.05) is 7.11 Å². The molecule has 0 bridgehead atoms. The zero-order valence-electron chi connectivity index (χ0n) is 10.9. The smallest absolute Gasteiger partial charge is 0.329 e. The van der Waals surface area contributed by atoms with E-state index in [1.165, 1.54) is 7.11 Å². The summed E-state index contributed by atoms with van der Waals surface area (Å²) in [6.45, 7) is 0. The van der Waals surface area contributed by atoms with Gasteiger partial charge in [-0.1, -0.05) is 58.4 Å². The molecule has 1 N–H and O–H groups in total. The molecule has 0 fully saturated rings. The number of ether oxygens (including phenoxy) is 1. The third-order valence-electron chi connectivity index (χ3n) is 3.03. The molecule has 0 saturated carbocycles. The van der Waals surface area contributed by atoms with Crippen LogP contribution in [0.3, 0.4) is 0 Å². The molecule has 2 unspecified atom stereocenters. The Morgan fingerprint density at radius 3 is 2.60 bits per heavy atom. The number of halogens is 1. The first-order valence-electron chi connectivity index (χ1n) is 6.07. The van der Waals surface area contributed by atoms with Gasteiger partial charge in [-0.25, -0.2) is 0 Å². The van der Waals surface area contributed by atoms with Crippen LogP contribution in [0.15, 0.2) is 54.6 Å². The molecule has 1 aromatic carbocycles. The molecule has 20 heavy (non-hydrogen) atoms. The highest BCUT2D eigenvalue weighted by Crippen LogP contribution is 2.30. The van der Waals surface area contributed by atoms with Crippen molar-refractivity contribution < 1.29 is 14.3 Å². The standard InChI is InChI=1S/C15H14BrNO3/c1-20-14(19)15(16)10-6-5-9-12(15)17-13(18)11-7-3-2-4-8-11/h2-10,12H,1H3,(H,17,18). The molecule has 0 aromatic heterocycles. The third kappa shape index (κ3) is 2.82. The van der Waals surface area contributed by atoms with Crippen molar-refractivity contribution in [1.82, 2.24) is 5.32 Å². The predicted octanol–water partition coefficient (Wildman–Crippen LogP) is 2.22. The Bertz CT molecular complexity index is 568. The average molecular weight is 336 g/mol. The second kappa shape index (κ2) is 6.05. The molecule has 1 aliphatic rings. The van der Waals surface area contributed by atoms with Crippen LogP contribution in [0, 0.1) is 0 Å². The summed E-state index contributed by atoms with van der Waals surface area (Å²) in [5, 5.41) is 2.82. The maximum absolute atomic E-state index is 12.2. The van der Waals surface area contributed by atoms with E-state index in [0.717, 1.165) is 0 Å². The molecule has 1 aliphatic carbocycles. The summed E-state index contributed by atoms with van der Waals surface area (Å²) in [5.74, 6) is -0.709. The van der Waals surface area contributed by atoms with Crippen LogP contribution in [0.2, 0.25) is 0 Å². The van der Waals surface area contributed by atoms with Crippen molar-refractivity contribution in [3.63, 3.8) is 0 Å². The fourth-order valence-corrected chi connectivity index (χ4v) is 2.51. The maximum Gasteiger partial charge on any atom is 0.329 e. The summed E-state index contributed by atoms with van der Waals surface area (Å²) in [6.07, 6.45) is 6.91. The number of methoxy groups -OCH3 is 1. The second-order valence-electron chi connectivity index (χ2n) is 4.32. The fraction of sp³-hybridized carbons (Fsp3) is 0.200. The van der Waals surface area contributed by atoms with E-state index in [0.29, 0.717) is 5.56 Å². The number of benzene rings is 1. The van der Waals surface area contributed by atoms with E-state index in [1.54, 1.807) is 48.6 Å². The van der Waals surface area contributed by atoms with E-state index in [-0.39, 0.29) is 5.91 Å². The molecule has 1 aromatic rings. The number of rotatable bonds is 3. The minimum Gasteiger partial charge on any atom is -0.468 e. The molecule has 1 amide bonds. The van der Waals surface area contributed by atoms with Gasteiger partial charge in [0.1, 0.15) is 0 Å². The zero-order chi connectivity index (χ0) is 14.6. The summed E-state index contributed by atoms with van der Waals surface area (Å²) >= 11 is 3.36. The van der Waals surface area contributed by atoms with E-state index in [4.69, 9.17) is 4.74 Å². The molecule has 2 rings (SSSR count). The van der Waals surface area contributed by atoms with Gasteiger partial charge in [0.05, 0.1) is 13.2 Å². The van der Waals surface area contributed by atoms with E-state index in [1.807, 2.05) is 6.07 Å². The largest absolute Gasteiger partial charge is 0.468 e. The number of alkyl halides is 1. The molecule has 0 heterocycles. The van der Waals surface area contributed by atoms with Gasteiger partial charge in [0, 0.05) is 5.56 Å². The van der Waals surface area contributed by atoms with Gasteiger partial charge in [-0.15, -0.1) is 0 Å². The molecule has 5 heteroatoms. The van der Waals surface area contributed by atoms with Crippen molar-refractivity contribution in [2.45, 2.75) is 10.4 Å². The first-order chi connectivity index (χ1) is 9.58. The molecule has 0 radical (unpaired) electrons. The summed E-state index contributed by atoms with van der Waals surface area (Å²) in [7, 11) is 1.31. The molecular formula is C15H14BrNO3. The number of hydrogen-bond acceptors (Lipinski definition) is 3. The summed E-state index contributed by atoms with van der Waals surface area (Å²) in [4.78, 5) is 24.1. The van der Waals surface area contributed by atoms with Crippen molar-refractivity contribution in [3.05, 3.63) is 60.2 Å². The van der Waals surface area contributed by atoms with Gasteiger partial charge >= 0.3 is 5.97 Å². The highest BCUT2D eigenvalue weighted by Gasteiger charge is 2.43. The number of carbonyl (C=O) groups excluding carboxylic acids is 2. The number of esters is 1. The van der Waals surface area contributed by atoms with Crippen LogP contribution >= 0.6 is 15.9 Å². The van der Waals surface area contributed by atoms with Crippen LogP contribution < -0.4 is 5.32 Å². The molecular weight excluding hydrogens is 322 g/mol. The Morgan fingerprint density at radius 1 is 1.25 bits per heavy atom. The quantitative estimate of drug-likeness (QED) is 0.680. The highest BCUT2D eigenvalue weighted by molar-refractivity contribution is 9.10. The van der Waals surface area contributed by atoms with Gasteiger partial charge in [0.2, 0.25) is 0 Å². The van der Waals surface area contributed by atoms with Crippen molar-refractivity contribution in [3.8, 4) is 0 Å². The Hall–Kier alpha value is -1.88. The minimum atomic E-state index is -1.08. The van der Waals surface area contributed by atoms with Gasteiger partial charge < -0.3 is 10.1 Å². The highest BCUT2D eigenvalue weighted by atomic mass is 79.9. The second-order valence-corrected chi connectivity index (χ2v) is 5.63. The topological polar surface area (TPSA) is 55.4 Å². The maximum atomic E-state index is 12.2. The summed E-state index contributed by atoms with van der Waals surface area (Å²) in [6, 6.07) is 8.31. The molecule has 0 saturated heterocycles. The average Bonchev–Trinajstić information content (AvgIpc) is 2.49. The third-order valence-corrected chi connectivity index (χ3v) is 4.11. The van der Waals surface area contributed by atoms with Crippen LogP contribution in [0.25, 0.3) is 0 Å². The minimum absolute atomic E-state index is 0.247.